The summed E-state index contributed by atoms with van der Waals surface area (Å²) in [6.07, 6.45) is 3.84. The van der Waals surface area contributed by atoms with E-state index in [0.717, 1.165) is 5.82 Å². The summed E-state index contributed by atoms with van der Waals surface area (Å²) < 4.78 is 3.89. The molecule has 0 amide bonds. The highest BCUT2D eigenvalue weighted by molar-refractivity contribution is 4.84. The van der Waals surface area contributed by atoms with Crippen molar-refractivity contribution in [1.29, 1.82) is 5.26 Å². The molecule has 0 saturated heterocycles. The standard InChI is InChI=1S/C7H10N3/c1-7-9(2)5-6-10(7)4-3-8/h5-6H,4H2,1-2H3/q+1. The van der Waals surface area contributed by atoms with Crippen molar-refractivity contribution in [3.05, 3.63) is 18.2 Å². The van der Waals surface area contributed by atoms with Crippen LogP contribution in [-0.4, -0.2) is 4.57 Å². The van der Waals surface area contributed by atoms with Crippen LogP contribution in [0.4, 0.5) is 0 Å². The van der Waals surface area contributed by atoms with E-state index >= 15 is 0 Å². The highest BCUT2D eigenvalue weighted by Gasteiger charge is 2.05. The van der Waals surface area contributed by atoms with E-state index in [9.17, 15) is 0 Å². The molecule has 1 aromatic rings. The first-order valence-electron chi connectivity index (χ1n) is 3.14. The molecule has 0 N–H and O–H groups in total. The fourth-order valence-electron chi connectivity index (χ4n) is 0.842. The number of nitrogens with zero attached hydrogens (tertiary/aromatic N) is 3. The second-order valence-electron chi connectivity index (χ2n) is 2.24. The minimum absolute atomic E-state index is 0.437. The lowest BCUT2D eigenvalue weighted by Gasteiger charge is -1.88. The van der Waals surface area contributed by atoms with E-state index in [2.05, 4.69) is 6.07 Å². The summed E-state index contributed by atoms with van der Waals surface area (Å²) in [6.45, 7) is 2.42. The van der Waals surface area contributed by atoms with E-state index in [1.807, 2.05) is 35.5 Å². The first-order valence-corrected chi connectivity index (χ1v) is 3.14. The minimum atomic E-state index is 0.437. The summed E-state index contributed by atoms with van der Waals surface area (Å²) in [5.41, 5.74) is 0. The Balaban J connectivity index is 2.96. The van der Waals surface area contributed by atoms with Gasteiger partial charge in [-0.3, -0.25) is 0 Å². The number of hydrogen-bond donors (Lipinski definition) is 0. The van der Waals surface area contributed by atoms with Gasteiger partial charge in [0.15, 0.2) is 6.54 Å². The Hall–Kier alpha value is -1.30. The first-order chi connectivity index (χ1) is 4.75. The Morgan fingerprint density at radius 1 is 1.80 bits per heavy atom. The molecular weight excluding hydrogens is 126 g/mol. The van der Waals surface area contributed by atoms with Crippen LogP contribution in [0, 0.1) is 18.3 Å². The van der Waals surface area contributed by atoms with Crippen molar-refractivity contribution in [2.75, 3.05) is 0 Å². The van der Waals surface area contributed by atoms with Crippen LogP contribution in [0.25, 0.3) is 0 Å². The first kappa shape index (κ1) is 6.81. The van der Waals surface area contributed by atoms with Crippen LogP contribution in [0.15, 0.2) is 12.4 Å². The molecule has 0 bridgehead atoms. The normalized spacial score (nSPS) is 9.30. The summed E-state index contributed by atoms with van der Waals surface area (Å²) in [5, 5.41) is 8.37. The van der Waals surface area contributed by atoms with Crippen LogP contribution in [0.3, 0.4) is 0 Å². The predicted octanol–water partition coefficient (Wildman–Crippen LogP) is 0.145. The van der Waals surface area contributed by atoms with Gasteiger partial charge in [-0.05, 0) is 0 Å². The van der Waals surface area contributed by atoms with Crippen molar-refractivity contribution >= 4 is 0 Å². The van der Waals surface area contributed by atoms with Crippen LogP contribution in [0.2, 0.25) is 0 Å². The Labute approximate surface area is 60.1 Å². The van der Waals surface area contributed by atoms with Gasteiger partial charge in [-0.25, -0.2) is 9.13 Å². The van der Waals surface area contributed by atoms with E-state index in [-0.39, 0.29) is 0 Å². The average Bonchev–Trinajstić information content (AvgIpc) is 2.20. The number of aromatic nitrogens is 2. The summed E-state index contributed by atoms with van der Waals surface area (Å²) >= 11 is 0. The monoisotopic (exact) mass is 136 g/mol. The Morgan fingerprint density at radius 2 is 2.50 bits per heavy atom. The summed E-state index contributed by atoms with van der Waals surface area (Å²) in [5.74, 6) is 1.10. The third-order valence-corrected chi connectivity index (χ3v) is 1.64. The molecule has 0 aliphatic heterocycles. The van der Waals surface area contributed by atoms with Gasteiger partial charge in [-0.15, -0.1) is 0 Å². The Morgan fingerprint density at radius 3 is 2.90 bits per heavy atom. The van der Waals surface area contributed by atoms with E-state index in [1.165, 1.54) is 0 Å². The van der Waals surface area contributed by atoms with Gasteiger partial charge in [0, 0.05) is 6.92 Å². The van der Waals surface area contributed by atoms with Crippen molar-refractivity contribution < 1.29 is 4.57 Å². The SMILES string of the molecule is Cc1n(CC#N)cc[n+]1C. The highest BCUT2D eigenvalue weighted by atomic mass is 15.1. The van der Waals surface area contributed by atoms with Gasteiger partial charge in [0.2, 0.25) is 0 Å². The van der Waals surface area contributed by atoms with Crippen LogP contribution in [0.1, 0.15) is 5.82 Å². The fourth-order valence-corrected chi connectivity index (χ4v) is 0.842. The molecule has 1 rings (SSSR count). The van der Waals surface area contributed by atoms with Crippen molar-refractivity contribution in [1.82, 2.24) is 4.57 Å². The van der Waals surface area contributed by atoms with Crippen molar-refractivity contribution in [3.63, 3.8) is 0 Å². The zero-order valence-corrected chi connectivity index (χ0v) is 6.20. The molecule has 0 aromatic carbocycles. The quantitative estimate of drug-likeness (QED) is 0.505. The van der Waals surface area contributed by atoms with Crippen molar-refractivity contribution in [2.45, 2.75) is 13.5 Å². The lowest BCUT2D eigenvalue weighted by Crippen LogP contribution is -2.29. The number of rotatable bonds is 1. The lowest BCUT2D eigenvalue weighted by atomic mass is 10.6. The third-order valence-electron chi connectivity index (χ3n) is 1.64. The summed E-state index contributed by atoms with van der Waals surface area (Å²) in [7, 11) is 1.96. The molecule has 0 unspecified atom stereocenters. The Kier molecular flexibility index (Phi) is 1.72. The van der Waals surface area contributed by atoms with Crippen LogP contribution >= 0.6 is 0 Å². The number of nitriles is 1. The maximum Gasteiger partial charge on any atom is 0.253 e. The number of imidazole rings is 1. The lowest BCUT2D eigenvalue weighted by molar-refractivity contribution is -0.677. The van der Waals surface area contributed by atoms with Crippen LogP contribution in [0.5, 0.6) is 0 Å². The highest BCUT2D eigenvalue weighted by Crippen LogP contribution is 1.89. The maximum atomic E-state index is 8.37. The van der Waals surface area contributed by atoms with E-state index in [1.54, 1.807) is 0 Å². The van der Waals surface area contributed by atoms with Gasteiger partial charge in [0.1, 0.15) is 18.5 Å². The molecule has 0 atom stereocenters. The smallest absolute Gasteiger partial charge is 0.237 e. The molecule has 3 nitrogen and oxygen atoms in total. The van der Waals surface area contributed by atoms with E-state index in [4.69, 9.17) is 5.26 Å². The second kappa shape index (κ2) is 2.53. The maximum absolute atomic E-state index is 8.37. The fraction of sp³-hybridized carbons (Fsp3) is 0.429. The molecule has 3 heteroatoms. The number of aryl methyl sites for hydroxylation is 1. The summed E-state index contributed by atoms with van der Waals surface area (Å²) in [6, 6.07) is 2.09. The predicted molar refractivity (Wildman–Crippen MR) is 36.0 cm³/mol. The van der Waals surface area contributed by atoms with Crippen molar-refractivity contribution in [3.8, 4) is 6.07 Å². The van der Waals surface area contributed by atoms with Crippen molar-refractivity contribution in [2.24, 2.45) is 7.05 Å². The molecule has 10 heavy (non-hydrogen) atoms. The molecular formula is C7H10N3+. The molecule has 0 saturated carbocycles. The topological polar surface area (TPSA) is 32.6 Å². The zero-order chi connectivity index (χ0) is 7.56. The molecule has 0 radical (unpaired) electrons. The average molecular weight is 136 g/mol. The largest absolute Gasteiger partial charge is 0.253 e. The molecule has 1 aromatic heterocycles. The third kappa shape index (κ3) is 1.01. The molecule has 1 heterocycles. The van der Waals surface area contributed by atoms with Gasteiger partial charge in [0.05, 0.1) is 7.05 Å². The molecule has 0 spiro atoms. The second-order valence-corrected chi connectivity index (χ2v) is 2.24. The molecule has 0 aliphatic carbocycles. The van der Waals surface area contributed by atoms with E-state index < -0.39 is 0 Å². The zero-order valence-electron chi connectivity index (χ0n) is 6.20. The van der Waals surface area contributed by atoms with Gasteiger partial charge in [-0.2, -0.15) is 5.26 Å². The van der Waals surface area contributed by atoms with Gasteiger partial charge in [0.25, 0.3) is 5.82 Å². The molecule has 52 valence electrons. The van der Waals surface area contributed by atoms with Crippen LogP contribution < -0.4 is 4.57 Å². The number of hydrogen-bond acceptors (Lipinski definition) is 1. The van der Waals surface area contributed by atoms with Gasteiger partial charge < -0.3 is 0 Å². The van der Waals surface area contributed by atoms with Gasteiger partial charge in [-0.1, -0.05) is 0 Å². The Bertz CT molecular complexity index is 267. The van der Waals surface area contributed by atoms with E-state index in [0.29, 0.717) is 6.54 Å². The molecule has 0 fully saturated rings. The summed E-state index contributed by atoms with van der Waals surface area (Å²) in [4.78, 5) is 0. The van der Waals surface area contributed by atoms with Crippen LogP contribution in [-0.2, 0) is 13.6 Å². The molecule has 0 aliphatic rings. The van der Waals surface area contributed by atoms with Gasteiger partial charge >= 0.3 is 0 Å². The minimum Gasteiger partial charge on any atom is -0.237 e.